The highest BCUT2D eigenvalue weighted by Crippen LogP contribution is 2.33. The summed E-state index contributed by atoms with van der Waals surface area (Å²) in [7, 11) is 0. The summed E-state index contributed by atoms with van der Waals surface area (Å²) in [4.78, 5) is 26.1. The minimum atomic E-state index is -0.734. The van der Waals surface area contributed by atoms with Crippen molar-refractivity contribution in [1.29, 1.82) is 0 Å². The van der Waals surface area contributed by atoms with E-state index in [9.17, 15) is 9.70 Å². The van der Waals surface area contributed by atoms with Crippen LogP contribution in [0.5, 0.6) is 0 Å². The third-order valence-electron chi connectivity index (χ3n) is 3.34. The van der Waals surface area contributed by atoms with Gasteiger partial charge in [0, 0.05) is 0 Å². The molecule has 112 valence electrons. The van der Waals surface area contributed by atoms with Gasteiger partial charge in [0.05, 0.1) is 0 Å². The molecule has 0 amide bonds. The van der Waals surface area contributed by atoms with Gasteiger partial charge in [-0.15, -0.1) is 4.91 Å². The first-order valence-electron chi connectivity index (χ1n) is 7.33. The van der Waals surface area contributed by atoms with Gasteiger partial charge >= 0.3 is 5.97 Å². The van der Waals surface area contributed by atoms with Crippen LogP contribution >= 0.6 is 15.9 Å². The molecule has 0 aliphatic rings. The highest BCUT2D eigenvalue weighted by atomic mass is 79.9. The van der Waals surface area contributed by atoms with Gasteiger partial charge in [-0.05, 0) is 12.8 Å². The number of carbonyl (C=O) groups is 1. The SMILES string of the molecule is CCCCCCCCC(Br)(CCCC)C(=O)ON=O. The second-order valence-corrected chi connectivity index (χ2v) is 6.56. The Morgan fingerprint density at radius 2 is 1.53 bits per heavy atom. The Morgan fingerprint density at radius 1 is 1.00 bits per heavy atom. The maximum Gasteiger partial charge on any atom is 0.355 e. The van der Waals surface area contributed by atoms with Crippen LogP contribution in [0.4, 0.5) is 0 Å². The minimum absolute atomic E-state index is 0.551. The summed E-state index contributed by atoms with van der Waals surface area (Å²) in [6.45, 7) is 4.26. The summed E-state index contributed by atoms with van der Waals surface area (Å²) in [5.74, 6) is -0.551. The Kier molecular flexibility index (Phi) is 11.1. The molecule has 0 aliphatic carbocycles. The van der Waals surface area contributed by atoms with Gasteiger partial charge in [0.1, 0.15) is 4.32 Å². The number of unbranched alkanes of at least 4 members (excludes halogenated alkanes) is 6. The van der Waals surface area contributed by atoms with Crippen molar-refractivity contribution in [3.63, 3.8) is 0 Å². The molecule has 0 fully saturated rings. The Morgan fingerprint density at radius 3 is 2.11 bits per heavy atom. The summed E-state index contributed by atoms with van der Waals surface area (Å²) in [6, 6.07) is 0. The standard InChI is InChI=1S/C14H26BrNO3/c1-3-5-7-8-9-10-12-14(15,11-6-4-2)13(17)19-16-18/h3-12H2,1-2H3. The Bertz CT molecular complexity index is 261. The first kappa shape index (κ1) is 18.6. The number of rotatable bonds is 12. The van der Waals surface area contributed by atoms with Gasteiger partial charge in [0.2, 0.25) is 0 Å². The van der Waals surface area contributed by atoms with E-state index in [4.69, 9.17) is 0 Å². The molecule has 0 saturated carbocycles. The van der Waals surface area contributed by atoms with Gasteiger partial charge in [-0.25, -0.2) is 4.79 Å². The van der Waals surface area contributed by atoms with Crippen molar-refractivity contribution in [2.75, 3.05) is 0 Å². The first-order valence-corrected chi connectivity index (χ1v) is 8.13. The van der Waals surface area contributed by atoms with Crippen molar-refractivity contribution >= 4 is 21.9 Å². The number of alkyl halides is 1. The predicted molar refractivity (Wildman–Crippen MR) is 81.1 cm³/mol. The molecule has 0 rings (SSSR count). The molecule has 0 saturated heterocycles. The molecular formula is C14H26BrNO3. The zero-order valence-electron chi connectivity index (χ0n) is 12.1. The van der Waals surface area contributed by atoms with Crippen molar-refractivity contribution < 1.29 is 9.63 Å². The lowest BCUT2D eigenvalue weighted by Crippen LogP contribution is -2.33. The highest BCUT2D eigenvalue weighted by Gasteiger charge is 2.36. The molecule has 19 heavy (non-hydrogen) atoms. The molecule has 0 aromatic heterocycles. The fraction of sp³-hybridized carbons (Fsp3) is 0.929. The Hall–Kier alpha value is -0.450. The Labute approximate surface area is 124 Å². The summed E-state index contributed by atoms with van der Waals surface area (Å²) in [5, 5.41) is 2.25. The molecule has 1 unspecified atom stereocenters. The molecule has 0 bridgehead atoms. The Balaban J connectivity index is 4.11. The average Bonchev–Trinajstić information content (AvgIpc) is 2.40. The molecular weight excluding hydrogens is 310 g/mol. The highest BCUT2D eigenvalue weighted by molar-refractivity contribution is 9.10. The van der Waals surface area contributed by atoms with Crippen LogP contribution in [0.3, 0.4) is 0 Å². The van der Waals surface area contributed by atoms with Gasteiger partial charge in [0.15, 0.2) is 5.34 Å². The second kappa shape index (κ2) is 11.4. The topological polar surface area (TPSA) is 55.7 Å². The smallest absolute Gasteiger partial charge is 0.283 e. The lowest BCUT2D eigenvalue weighted by molar-refractivity contribution is -0.147. The summed E-state index contributed by atoms with van der Waals surface area (Å²) < 4.78 is -0.734. The number of nitrogens with zero attached hydrogens (tertiary/aromatic N) is 1. The minimum Gasteiger partial charge on any atom is -0.283 e. The van der Waals surface area contributed by atoms with Crippen LogP contribution in [0.15, 0.2) is 5.34 Å². The van der Waals surface area contributed by atoms with E-state index in [1.54, 1.807) is 0 Å². The van der Waals surface area contributed by atoms with Gasteiger partial charge in [-0.2, -0.15) is 0 Å². The zero-order valence-corrected chi connectivity index (χ0v) is 13.7. The third-order valence-corrected chi connectivity index (χ3v) is 4.46. The van der Waals surface area contributed by atoms with E-state index in [-0.39, 0.29) is 0 Å². The van der Waals surface area contributed by atoms with Gasteiger partial charge in [-0.1, -0.05) is 81.1 Å². The molecule has 0 spiro atoms. The van der Waals surface area contributed by atoms with Crippen LogP contribution < -0.4 is 0 Å². The van der Waals surface area contributed by atoms with Crippen LogP contribution in [0, 0.1) is 4.91 Å². The van der Waals surface area contributed by atoms with Crippen molar-refractivity contribution in [2.45, 2.75) is 82.4 Å². The zero-order chi connectivity index (χ0) is 14.6. The lowest BCUT2D eigenvalue weighted by Gasteiger charge is -2.23. The number of hydrogen-bond donors (Lipinski definition) is 0. The van der Waals surface area contributed by atoms with E-state index in [0.29, 0.717) is 12.8 Å². The fourth-order valence-electron chi connectivity index (χ4n) is 2.09. The lowest BCUT2D eigenvalue weighted by atomic mass is 9.95. The number of carbonyl (C=O) groups excluding carboxylic acids is 1. The summed E-state index contributed by atoms with van der Waals surface area (Å²) in [6.07, 6.45) is 10.4. The first-order chi connectivity index (χ1) is 9.10. The maximum atomic E-state index is 11.8. The summed E-state index contributed by atoms with van der Waals surface area (Å²) >= 11 is 3.46. The molecule has 0 N–H and O–H groups in total. The molecule has 0 aromatic carbocycles. The van der Waals surface area contributed by atoms with E-state index >= 15 is 0 Å². The van der Waals surface area contributed by atoms with Crippen molar-refractivity contribution in [1.82, 2.24) is 0 Å². The van der Waals surface area contributed by atoms with Crippen molar-refractivity contribution in [3.05, 3.63) is 4.91 Å². The largest absolute Gasteiger partial charge is 0.355 e. The van der Waals surface area contributed by atoms with E-state index in [2.05, 4.69) is 40.0 Å². The maximum absolute atomic E-state index is 11.8. The molecule has 0 aliphatic heterocycles. The van der Waals surface area contributed by atoms with Crippen LogP contribution in [0.1, 0.15) is 78.1 Å². The molecule has 0 radical (unpaired) electrons. The average molecular weight is 336 g/mol. The van der Waals surface area contributed by atoms with E-state index in [1.807, 2.05) is 0 Å². The van der Waals surface area contributed by atoms with Crippen LogP contribution in [-0.4, -0.2) is 10.3 Å². The van der Waals surface area contributed by atoms with Gasteiger partial charge < -0.3 is 0 Å². The van der Waals surface area contributed by atoms with Gasteiger partial charge in [-0.3, -0.25) is 4.84 Å². The van der Waals surface area contributed by atoms with E-state index < -0.39 is 10.3 Å². The predicted octanol–water partition coefficient (Wildman–Crippen LogP) is 5.29. The van der Waals surface area contributed by atoms with Crippen LogP contribution in [-0.2, 0) is 9.63 Å². The molecule has 0 aromatic rings. The van der Waals surface area contributed by atoms with Crippen molar-refractivity contribution in [2.24, 2.45) is 5.34 Å². The quantitative estimate of drug-likeness (QED) is 0.211. The number of hydrogen-bond acceptors (Lipinski definition) is 4. The third kappa shape index (κ3) is 8.35. The van der Waals surface area contributed by atoms with Crippen molar-refractivity contribution in [3.8, 4) is 0 Å². The second-order valence-electron chi connectivity index (χ2n) is 5.04. The normalized spacial score (nSPS) is 13.8. The van der Waals surface area contributed by atoms with Crippen LogP contribution in [0.2, 0.25) is 0 Å². The van der Waals surface area contributed by atoms with E-state index in [0.717, 1.165) is 25.7 Å². The molecule has 5 heteroatoms. The monoisotopic (exact) mass is 335 g/mol. The van der Waals surface area contributed by atoms with E-state index in [1.165, 1.54) is 25.7 Å². The fourth-order valence-corrected chi connectivity index (χ4v) is 2.72. The molecule has 0 heterocycles. The number of halogens is 1. The molecule has 4 nitrogen and oxygen atoms in total. The summed E-state index contributed by atoms with van der Waals surface area (Å²) in [5.41, 5.74) is 0. The molecule has 1 atom stereocenters. The van der Waals surface area contributed by atoms with Gasteiger partial charge in [0.25, 0.3) is 0 Å². The van der Waals surface area contributed by atoms with Crippen LogP contribution in [0.25, 0.3) is 0 Å².